The maximum atomic E-state index is 11.6. The summed E-state index contributed by atoms with van der Waals surface area (Å²) in [5.41, 5.74) is 0. The number of aliphatic carboxylic acids is 1. The standard InChI is InChI=1S/C8H14N4O5S/c1-11(4-7(14)15)8(9)12-3-5(2-6(12)13)18(10,16)17/h5,9H,2-4H2,1H3,(H,14,15)(H2,10,16,17). The third kappa shape index (κ3) is 3.17. The van der Waals surface area contributed by atoms with Crippen molar-refractivity contribution in [3.63, 3.8) is 0 Å². The molecule has 1 atom stereocenters. The molecular formula is C8H14N4O5S. The zero-order valence-corrected chi connectivity index (χ0v) is 10.5. The fourth-order valence-corrected chi connectivity index (χ4v) is 2.32. The fourth-order valence-electron chi connectivity index (χ4n) is 1.58. The number of likely N-dealkylation sites (N-methyl/N-ethyl adjacent to an activating group) is 1. The number of carbonyl (C=O) groups excluding carboxylic acids is 1. The molecule has 1 aliphatic rings. The summed E-state index contributed by atoms with van der Waals surface area (Å²) in [5.74, 6) is -2.07. The highest BCUT2D eigenvalue weighted by Crippen LogP contribution is 2.17. The third-order valence-electron chi connectivity index (χ3n) is 2.54. The first-order valence-corrected chi connectivity index (χ1v) is 6.57. The molecule has 1 amide bonds. The van der Waals surface area contributed by atoms with Gasteiger partial charge in [0.15, 0.2) is 0 Å². The van der Waals surface area contributed by atoms with Gasteiger partial charge in [-0.3, -0.25) is 19.9 Å². The Morgan fingerprint density at radius 2 is 2.22 bits per heavy atom. The summed E-state index contributed by atoms with van der Waals surface area (Å²) in [6, 6.07) is 0. The number of hydrogen-bond acceptors (Lipinski definition) is 5. The minimum absolute atomic E-state index is 0.222. The van der Waals surface area contributed by atoms with Crippen LogP contribution in [0, 0.1) is 5.41 Å². The first-order valence-electron chi connectivity index (χ1n) is 4.96. The number of carboxylic acids is 1. The summed E-state index contributed by atoms with van der Waals surface area (Å²) in [5, 5.41) is 20.1. The molecule has 0 aromatic heterocycles. The predicted molar refractivity (Wildman–Crippen MR) is 61.2 cm³/mol. The van der Waals surface area contributed by atoms with E-state index in [1.165, 1.54) is 7.05 Å². The monoisotopic (exact) mass is 278 g/mol. The van der Waals surface area contributed by atoms with Crippen LogP contribution in [0.1, 0.15) is 6.42 Å². The van der Waals surface area contributed by atoms with Crippen molar-refractivity contribution in [2.75, 3.05) is 20.1 Å². The van der Waals surface area contributed by atoms with Crippen molar-refractivity contribution in [1.29, 1.82) is 5.41 Å². The van der Waals surface area contributed by atoms with Gasteiger partial charge in [-0.05, 0) is 0 Å². The molecule has 1 aliphatic heterocycles. The first-order chi connectivity index (χ1) is 8.12. The quantitative estimate of drug-likeness (QED) is 0.395. The molecule has 4 N–H and O–H groups in total. The smallest absolute Gasteiger partial charge is 0.323 e. The Balaban J connectivity index is 2.77. The molecule has 102 valence electrons. The highest BCUT2D eigenvalue weighted by atomic mass is 32.2. The SMILES string of the molecule is CN(CC(=O)O)C(=N)N1CC(S(N)(=O)=O)CC1=O. The van der Waals surface area contributed by atoms with Crippen molar-refractivity contribution < 1.29 is 23.1 Å². The molecule has 1 heterocycles. The van der Waals surface area contributed by atoms with Crippen LogP contribution in [0.4, 0.5) is 0 Å². The average molecular weight is 278 g/mol. The van der Waals surface area contributed by atoms with E-state index < -0.39 is 33.7 Å². The highest BCUT2D eigenvalue weighted by Gasteiger charge is 2.39. The number of nitrogens with one attached hydrogen (secondary N) is 1. The molecule has 1 rings (SSSR count). The van der Waals surface area contributed by atoms with Crippen molar-refractivity contribution >= 4 is 27.9 Å². The molecule has 0 aromatic rings. The fraction of sp³-hybridized carbons (Fsp3) is 0.625. The van der Waals surface area contributed by atoms with Crippen molar-refractivity contribution in [3.8, 4) is 0 Å². The molecule has 0 aromatic carbocycles. The molecule has 1 saturated heterocycles. The molecule has 0 aliphatic carbocycles. The molecule has 1 fully saturated rings. The van der Waals surface area contributed by atoms with E-state index in [4.69, 9.17) is 15.7 Å². The number of primary sulfonamides is 1. The zero-order valence-electron chi connectivity index (χ0n) is 9.66. The topological polar surface area (TPSA) is 145 Å². The largest absolute Gasteiger partial charge is 0.480 e. The van der Waals surface area contributed by atoms with Crippen LogP contribution < -0.4 is 5.14 Å². The van der Waals surface area contributed by atoms with Gasteiger partial charge in [-0.1, -0.05) is 0 Å². The Morgan fingerprint density at radius 1 is 1.67 bits per heavy atom. The van der Waals surface area contributed by atoms with E-state index in [0.717, 1.165) is 9.80 Å². The molecule has 0 saturated carbocycles. The molecule has 1 unspecified atom stereocenters. The lowest BCUT2D eigenvalue weighted by Crippen LogP contribution is -2.45. The molecule has 10 heteroatoms. The zero-order chi connectivity index (χ0) is 14.1. The number of likely N-dealkylation sites (tertiary alicyclic amines) is 1. The van der Waals surface area contributed by atoms with Crippen molar-refractivity contribution in [2.24, 2.45) is 5.14 Å². The Kier molecular flexibility index (Phi) is 3.92. The van der Waals surface area contributed by atoms with Gasteiger partial charge < -0.3 is 10.0 Å². The maximum Gasteiger partial charge on any atom is 0.323 e. The summed E-state index contributed by atoms with van der Waals surface area (Å²) in [7, 11) is -2.52. The van der Waals surface area contributed by atoms with Gasteiger partial charge in [-0.25, -0.2) is 13.6 Å². The lowest BCUT2D eigenvalue weighted by molar-refractivity contribution is -0.137. The van der Waals surface area contributed by atoms with Crippen LogP contribution >= 0.6 is 0 Å². The number of nitrogens with zero attached hydrogens (tertiary/aromatic N) is 2. The third-order valence-corrected chi connectivity index (χ3v) is 3.79. The van der Waals surface area contributed by atoms with Crippen LogP contribution in [0.2, 0.25) is 0 Å². The Labute approximate surface area is 104 Å². The summed E-state index contributed by atoms with van der Waals surface area (Å²) in [6.07, 6.45) is -0.290. The summed E-state index contributed by atoms with van der Waals surface area (Å²) < 4.78 is 22.2. The number of guanidine groups is 1. The second-order valence-electron chi connectivity index (χ2n) is 3.99. The van der Waals surface area contributed by atoms with E-state index in [1.807, 2.05) is 0 Å². The maximum absolute atomic E-state index is 11.6. The second-order valence-corrected chi connectivity index (χ2v) is 5.84. The number of sulfonamides is 1. The van der Waals surface area contributed by atoms with Crippen LogP contribution in [0.25, 0.3) is 0 Å². The van der Waals surface area contributed by atoms with Crippen molar-refractivity contribution in [1.82, 2.24) is 9.80 Å². The number of nitrogens with two attached hydrogens (primary N) is 1. The van der Waals surface area contributed by atoms with Crippen LogP contribution in [0.15, 0.2) is 0 Å². The predicted octanol–water partition coefficient (Wildman–Crippen LogP) is -2.17. The van der Waals surface area contributed by atoms with Crippen LogP contribution in [-0.2, 0) is 19.6 Å². The van der Waals surface area contributed by atoms with Gasteiger partial charge >= 0.3 is 5.97 Å². The van der Waals surface area contributed by atoms with E-state index in [2.05, 4.69) is 0 Å². The molecule has 18 heavy (non-hydrogen) atoms. The van der Waals surface area contributed by atoms with Gasteiger partial charge in [0, 0.05) is 20.0 Å². The van der Waals surface area contributed by atoms with Crippen molar-refractivity contribution in [2.45, 2.75) is 11.7 Å². The molecular weight excluding hydrogens is 264 g/mol. The molecule has 9 nitrogen and oxygen atoms in total. The first kappa shape index (κ1) is 14.4. The van der Waals surface area contributed by atoms with E-state index >= 15 is 0 Å². The lowest BCUT2D eigenvalue weighted by Gasteiger charge is -2.24. The van der Waals surface area contributed by atoms with Gasteiger partial charge in [0.25, 0.3) is 0 Å². The van der Waals surface area contributed by atoms with Crippen LogP contribution in [0.5, 0.6) is 0 Å². The van der Waals surface area contributed by atoms with Gasteiger partial charge in [0.05, 0.1) is 0 Å². The Bertz CT molecular complexity index is 488. The number of carbonyl (C=O) groups is 2. The minimum Gasteiger partial charge on any atom is -0.480 e. The van der Waals surface area contributed by atoms with Gasteiger partial charge in [-0.15, -0.1) is 0 Å². The van der Waals surface area contributed by atoms with Crippen LogP contribution in [0.3, 0.4) is 0 Å². The van der Waals surface area contributed by atoms with E-state index in [9.17, 15) is 18.0 Å². The molecule has 0 spiro atoms. The number of carboxylic acid groups (broad SMARTS) is 1. The van der Waals surface area contributed by atoms with Crippen molar-refractivity contribution in [3.05, 3.63) is 0 Å². The summed E-state index contributed by atoms with van der Waals surface area (Å²) in [4.78, 5) is 24.0. The number of rotatable bonds is 3. The average Bonchev–Trinajstić information content (AvgIpc) is 2.57. The van der Waals surface area contributed by atoms with E-state index in [1.54, 1.807) is 0 Å². The van der Waals surface area contributed by atoms with Gasteiger partial charge in [-0.2, -0.15) is 0 Å². The van der Waals surface area contributed by atoms with Gasteiger partial charge in [0.1, 0.15) is 11.8 Å². The van der Waals surface area contributed by atoms with E-state index in [-0.39, 0.29) is 18.9 Å². The summed E-state index contributed by atoms with van der Waals surface area (Å²) in [6.45, 7) is -0.677. The normalized spacial score (nSPS) is 20.0. The summed E-state index contributed by atoms with van der Waals surface area (Å²) >= 11 is 0. The minimum atomic E-state index is -3.84. The van der Waals surface area contributed by atoms with E-state index in [0.29, 0.717) is 0 Å². The Hall–Kier alpha value is -1.68. The van der Waals surface area contributed by atoms with Crippen LogP contribution in [-0.4, -0.2) is 66.5 Å². The number of hydrogen-bond donors (Lipinski definition) is 3. The molecule has 0 bridgehead atoms. The lowest BCUT2D eigenvalue weighted by atomic mass is 10.4. The second kappa shape index (κ2) is 4.90. The Morgan fingerprint density at radius 3 is 2.61 bits per heavy atom. The highest BCUT2D eigenvalue weighted by molar-refractivity contribution is 7.89. The number of amides is 1. The molecule has 0 radical (unpaired) electrons. The van der Waals surface area contributed by atoms with Gasteiger partial charge in [0.2, 0.25) is 21.9 Å².